The van der Waals surface area contributed by atoms with Crippen molar-refractivity contribution in [2.75, 3.05) is 13.7 Å². The molecule has 1 N–H and O–H groups in total. The summed E-state index contributed by atoms with van der Waals surface area (Å²) in [5.74, 6) is 2.18. The second kappa shape index (κ2) is 7.20. The molecule has 1 heterocycles. The number of rotatable bonds is 5. The molecule has 0 aromatic heterocycles. The van der Waals surface area contributed by atoms with Crippen LogP contribution in [0.4, 0.5) is 4.79 Å². The zero-order valence-electron chi connectivity index (χ0n) is 14.9. The highest BCUT2D eigenvalue weighted by Gasteiger charge is 2.54. The summed E-state index contributed by atoms with van der Waals surface area (Å²) >= 11 is 0. The SMILES string of the molecule is CCC(C)C1CC2OC(CNC(=O)OC)CCC2C1(C)CC. The second-order valence-corrected chi connectivity index (χ2v) is 7.44. The number of carbonyl (C=O) groups is 1. The van der Waals surface area contributed by atoms with Gasteiger partial charge >= 0.3 is 6.09 Å². The second-order valence-electron chi connectivity index (χ2n) is 7.44. The normalized spacial score (nSPS) is 39.1. The van der Waals surface area contributed by atoms with E-state index in [-0.39, 0.29) is 12.2 Å². The van der Waals surface area contributed by atoms with E-state index in [1.165, 1.54) is 32.8 Å². The average Bonchev–Trinajstić information content (AvgIpc) is 2.84. The summed E-state index contributed by atoms with van der Waals surface area (Å²) in [6.07, 6.45) is 6.04. The lowest BCUT2D eigenvalue weighted by atomic mass is 9.65. The van der Waals surface area contributed by atoms with Crippen molar-refractivity contribution in [3.05, 3.63) is 0 Å². The first-order chi connectivity index (χ1) is 10.5. The standard InChI is InChI=1S/C18H33NO3/c1-6-12(3)15-10-16-14(18(15,4)7-2)9-8-13(22-16)11-19-17(20)21-5/h12-16H,6-11H2,1-5H3,(H,19,20). The Balaban J connectivity index is 2.00. The molecule has 0 bridgehead atoms. The van der Waals surface area contributed by atoms with Gasteiger partial charge in [0.1, 0.15) is 0 Å². The lowest BCUT2D eigenvalue weighted by Crippen LogP contribution is -2.43. The van der Waals surface area contributed by atoms with Gasteiger partial charge in [-0.05, 0) is 42.4 Å². The molecule has 1 saturated carbocycles. The van der Waals surface area contributed by atoms with Crippen LogP contribution in [-0.4, -0.2) is 32.0 Å². The van der Waals surface area contributed by atoms with E-state index in [1.54, 1.807) is 0 Å². The smallest absolute Gasteiger partial charge is 0.406 e. The van der Waals surface area contributed by atoms with Crippen molar-refractivity contribution >= 4 is 6.09 Å². The number of hydrogen-bond donors (Lipinski definition) is 1. The largest absolute Gasteiger partial charge is 0.453 e. The van der Waals surface area contributed by atoms with E-state index >= 15 is 0 Å². The molecule has 1 saturated heterocycles. The third-order valence-corrected chi connectivity index (χ3v) is 6.55. The Morgan fingerprint density at radius 1 is 1.41 bits per heavy atom. The maximum atomic E-state index is 11.2. The number of carbonyl (C=O) groups excluding carboxylic acids is 1. The lowest BCUT2D eigenvalue weighted by Gasteiger charge is -2.42. The topological polar surface area (TPSA) is 47.6 Å². The fraction of sp³-hybridized carbons (Fsp3) is 0.944. The van der Waals surface area contributed by atoms with Gasteiger partial charge in [-0.2, -0.15) is 0 Å². The van der Waals surface area contributed by atoms with Crippen LogP contribution in [0.5, 0.6) is 0 Å². The van der Waals surface area contributed by atoms with Gasteiger partial charge < -0.3 is 14.8 Å². The number of fused-ring (bicyclic) bond motifs is 1. The molecule has 0 aromatic rings. The Kier molecular flexibility index (Phi) is 5.76. The maximum absolute atomic E-state index is 11.2. The molecule has 2 fully saturated rings. The molecule has 1 amide bonds. The molecular weight excluding hydrogens is 278 g/mol. The van der Waals surface area contributed by atoms with E-state index in [2.05, 4.69) is 37.7 Å². The molecule has 0 aromatic carbocycles. The number of amides is 1. The minimum atomic E-state index is -0.368. The monoisotopic (exact) mass is 311 g/mol. The Morgan fingerprint density at radius 3 is 2.73 bits per heavy atom. The maximum Gasteiger partial charge on any atom is 0.406 e. The molecule has 0 radical (unpaired) electrons. The van der Waals surface area contributed by atoms with Gasteiger partial charge in [-0.25, -0.2) is 4.79 Å². The van der Waals surface area contributed by atoms with Crippen molar-refractivity contribution in [3.8, 4) is 0 Å². The molecule has 4 nitrogen and oxygen atoms in total. The summed E-state index contributed by atoms with van der Waals surface area (Å²) < 4.78 is 11.0. The predicted octanol–water partition coefficient (Wildman–Crippen LogP) is 3.99. The summed E-state index contributed by atoms with van der Waals surface area (Å²) in [6.45, 7) is 10.1. The average molecular weight is 311 g/mol. The predicted molar refractivity (Wildman–Crippen MR) is 87.8 cm³/mol. The minimum Gasteiger partial charge on any atom is -0.453 e. The molecule has 6 atom stereocenters. The molecule has 6 unspecified atom stereocenters. The highest BCUT2D eigenvalue weighted by molar-refractivity contribution is 5.66. The summed E-state index contributed by atoms with van der Waals surface area (Å²) in [5, 5.41) is 2.78. The van der Waals surface area contributed by atoms with E-state index in [0.717, 1.165) is 18.3 Å². The summed E-state index contributed by atoms with van der Waals surface area (Å²) in [7, 11) is 1.40. The Bertz CT molecular complexity index is 387. The molecule has 4 heteroatoms. The number of hydrogen-bond acceptors (Lipinski definition) is 3. The first kappa shape index (κ1) is 17.6. The first-order valence-electron chi connectivity index (χ1n) is 8.93. The number of methoxy groups -OCH3 is 1. The number of ether oxygens (including phenoxy) is 2. The van der Waals surface area contributed by atoms with Crippen LogP contribution in [0.2, 0.25) is 0 Å². The molecule has 1 aliphatic carbocycles. The van der Waals surface area contributed by atoms with Crippen molar-refractivity contribution in [2.24, 2.45) is 23.2 Å². The Morgan fingerprint density at radius 2 is 2.14 bits per heavy atom. The highest BCUT2D eigenvalue weighted by atomic mass is 16.5. The summed E-state index contributed by atoms with van der Waals surface area (Å²) in [5.41, 5.74) is 0.404. The van der Waals surface area contributed by atoms with Crippen LogP contribution >= 0.6 is 0 Å². The van der Waals surface area contributed by atoms with E-state index in [1.807, 2.05) is 0 Å². The van der Waals surface area contributed by atoms with E-state index in [4.69, 9.17) is 4.74 Å². The van der Waals surface area contributed by atoms with Crippen molar-refractivity contribution in [2.45, 2.75) is 72.0 Å². The minimum absolute atomic E-state index is 0.136. The van der Waals surface area contributed by atoms with Crippen LogP contribution in [0.3, 0.4) is 0 Å². The Hall–Kier alpha value is -0.770. The van der Waals surface area contributed by atoms with Gasteiger partial charge in [-0.15, -0.1) is 0 Å². The highest BCUT2D eigenvalue weighted by Crippen LogP contribution is 2.57. The molecule has 2 aliphatic rings. The van der Waals surface area contributed by atoms with Crippen LogP contribution < -0.4 is 5.32 Å². The molecular formula is C18H33NO3. The molecule has 0 spiro atoms. The van der Waals surface area contributed by atoms with Gasteiger partial charge in [0.15, 0.2) is 0 Å². The lowest BCUT2D eigenvalue weighted by molar-refractivity contribution is -0.0865. The van der Waals surface area contributed by atoms with Gasteiger partial charge in [0.25, 0.3) is 0 Å². The number of nitrogens with one attached hydrogen (secondary N) is 1. The third-order valence-electron chi connectivity index (χ3n) is 6.55. The van der Waals surface area contributed by atoms with Crippen LogP contribution in [0.1, 0.15) is 59.8 Å². The van der Waals surface area contributed by atoms with E-state index in [9.17, 15) is 4.79 Å². The van der Waals surface area contributed by atoms with Crippen LogP contribution in [-0.2, 0) is 9.47 Å². The zero-order valence-corrected chi connectivity index (χ0v) is 14.9. The summed E-state index contributed by atoms with van der Waals surface area (Å²) in [6, 6.07) is 0. The van der Waals surface area contributed by atoms with Crippen LogP contribution in [0, 0.1) is 23.2 Å². The molecule has 1 aliphatic heterocycles. The molecule has 2 rings (SSSR count). The van der Waals surface area contributed by atoms with Crippen molar-refractivity contribution in [3.63, 3.8) is 0 Å². The fourth-order valence-electron chi connectivity index (χ4n) is 4.84. The van der Waals surface area contributed by atoms with Crippen molar-refractivity contribution in [1.82, 2.24) is 5.32 Å². The zero-order chi connectivity index (χ0) is 16.3. The quantitative estimate of drug-likeness (QED) is 0.835. The van der Waals surface area contributed by atoms with E-state index in [0.29, 0.717) is 24.0 Å². The Labute approximate surface area is 135 Å². The first-order valence-corrected chi connectivity index (χ1v) is 8.93. The van der Waals surface area contributed by atoms with E-state index < -0.39 is 0 Å². The van der Waals surface area contributed by atoms with Gasteiger partial charge in [0, 0.05) is 6.54 Å². The molecule has 22 heavy (non-hydrogen) atoms. The van der Waals surface area contributed by atoms with Gasteiger partial charge in [-0.1, -0.05) is 40.5 Å². The fourth-order valence-corrected chi connectivity index (χ4v) is 4.84. The van der Waals surface area contributed by atoms with Crippen molar-refractivity contribution < 1.29 is 14.3 Å². The van der Waals surface area contributed by atoms with Crippen LogP contribution in [0.15, 0.2) is 0 Å². The van der Waals surface area contributed by atoms with Crippen molar-refractivity contribution in [1.29, 1.82) is 0 Å². The van der Waals surface area contributed by atoms with Gasteiger partial charge in [0.2, 0.25) is 0 Å². The van der Waals surface area contributed by atoms with Gasteiger partial charge in [-0.3, -0.25) is 0 Å². The third kappa shape index (κ3) is 3.27. The van der Waals surface area contributed by atoms with Gasteiger partial charge in [0.05, 0.1) is 19.3 Å². The number of alkyl carbamates (subject to hydrolysis) is 1. The molecule has 128 valence electrons. The van der Waals surface area contributed by atoms with Crippen LogP contribution in [0.25, 0.3) is 0 Å². The summed E-state index contributed by atoms with van der Waals surface area (Å²) in [4.78, 5) is 11.2.